The molecule has 0 saturated heterocycles. The maximum absolute atomic E-state index is 12.1. The number of amides is 1. The summed E-state index contributed by atoms with van der Waals surface area (Å²) in [5.41, 5.74) is 3.20. The van der Waals surface area contributed by atoms with Crippen LogP contribution in [-0.2, 0) is 17.8 Å². The quantitative estimate of drug-likeness (QED) is 0.878. The van der Waals surface area contributed by atoms with E-state index in [2.05, 4.69) is 16.5 Å². The van der Waals surface area contributed by atoms with Crippen LogP contribution in [0.1, 0.15) is 61.9 Å². The molecular weight excluding hydrogens is 276 g/mol. The van der Waals surface area contributed by atoms with Gasteiger partial charge in [0.25, 0.3) is 0 Å². The normalized spacial score (nSPS) is 15.5. The molecule has 0 spiro atoms. The van der Waals surface area contributed by atoms with Crippen molar-refractivity contribution in [2.45, 2.75) is 77.8 Å². The van der Waals surface area contributed by atoms with Crippen LogP contribution in [-0.4, -0.2) is 21.7 Å². The molecule has 1 heterocycles. The molecule has 1 N–H and O–H groups in total. The van der Waals surface area contributed by atoms with E-state index in [1.54, 1.807) is 0 Å². The minimum atomic E-state index is 0.149. The lowest BCUT2D eigenvalue weighted by Crippen LogP contribution is -2.36. The summed E-state index contributed by atoms with van der Waals surface area (Å²) < 4.78 is 1.88. The van der Waals surface area contributed by atoms with Crippen LogP contribution < -0.4 is 5.32 Å². The predicted molar refractivity (Wildman–Crippen MR) is 85.3 cm³/mol. The second-order valence-corrected chi connectivity index (χ2v) is 6.18. The smallest absolute Gasteiger partial charge is 0.220 e. The lowest BCUT2D eigenvalue weighted by atomic mass is 9.95. The average molecular weight is 302 g/mol. The van der Waals surface area contributed by atoms with E-state index < -0.39 is 0 Å². The maximum Gasteiger partial charge on any atom is 0.220 e. The van der Waals surface area contributed by atoms with Gasteiger partial charge in [-0.1, -0.05) is 19.3 Å². The highest BCUT2D eigenvalue weighted by molar-refractivity contribution is 5.76. The molecule has 1 aliphatic rings. The van der Waals surface area contributed by atoms with Crippen molar-refractivity contribution in [2.75, 3.05) is 0 Å². The average Bonchev–Trinajstić information content (AvgIpc) is 2.78. The minimum Gasteiger partial charge on any atom is -0.353 e. The Morgan fingerprint density at radius 1 is 1.36 bits per heavy atom. The Morgan fingerprint density at radius 2 is 2.09 bits per heavy atom. The maximum atomic E-state index is 12.1. The van der Waals surface area contributed by atoms with Crippen LogP contribution in [0, 0.1) is 25.2 Å². The van der Waals surface area contributed by atoms with Gasteiger partial charge < -0.3 is 5.32 Å². The first-order valence-corrected chi connectivity index (χ1v) is 8.31. The number of hydrogen-bond acceptors (Lipinski definition) is 3. The van der Waals surface area contributed by atoms with E-state index in [4.69, 9.17) is 5.26 Å². The van der Waals surface area contributed by atoms with E-state index in [0.29, 0.717) is 25.4 Å². The summed E-state index contributed by atoms with van der Waals surface area (Å²) in [5.74, 6) is 0.149. The number of hydrogen-bond donors (Lipinski definition) is 1. The van der Waals surface area contributed by atoms with Crippen LogP contribution in [0.2, 0.25) is 0 Å². The van der Waals surface area contributed by atoms with Gasteiger partial charge in [0.1, 0.15) is 0 Å². The monoisotopic (exact) mass is 302 g/mol. The number of aromatic nitrogens is 2. The van der Waals surface area contributed by atoms with Crippen LogP contribution in [0.3, 0.4) is 0 Å². The van der Waals surface area contributed by atoms with E-state index in [9.17, 15) is 4.79 Å². The number of nitriles is 1. The molecule has 0 bridgehead atoms. The molecule has 0 atom stereocenters. The molecule has 1 aromatic rings. The van der Waals surface area contributed by atoms with Crippen molar-refractivity contribution in [3.8, 4) is 6.07 Å². The van der Waals surface area contributed by atoms with E-state index in [1.165, 1.54) is 19.3 Å². The minimum absolute atomic E-state index is 0.149. The molecule has 1 saturated carbocycles. The van der Waals surface area contributed by atoms with Crippen LogP contribution in [0.25, 0.3) is 0 Å². The van der Waals surface area contributed by atoms with Crippen LogP contribution in [0.5, 0.6) is 0 Å². The van der Waals surface area contributed by atoms with Gasteiger partial charge in [0.15, 0.2) is 0 Å². The lowest BCUT2D eigenvalue weighted by Gasteiger charge is -2.22. The largest absolute Gasteiger partial charge is 0.353 e. The summed E-state index contributed by atoms with van der Waals surface area (Å²) in [5, 5.41) is 16.3. The van der Waals surface area contributed by atoms with Crippen molar-refractivity contribution < 1.29 is 4.79 Å². The van der Waals surface area contributed by atoms with Gasteiger partial charge in [-0.25, -0.2) is 0 Å². The van der Waals surface area contributed by atoms with E-state index in [-0.39, 0.29) is 5.91 Å². The predicted octanol–water partition coefficient (Wildman–Crippen LogP) is 2.80. The Morgan fingerprint density at radius 3 is 2.77 bits per heavy atom. The molecule has 1 aromatic heterocycles. The topological polar surface area (TPSA) is 70.7 Å². The molecular formula is C17H26N4O. The van der Waals surface area contributed by atoms with Gasteiger partial charge in [-0.05, 0) is 38.7 Å². The zero-order chi connectivity index (χ0) is 15.9. The third kappa shape index (κ3) is 4.33. The molecule has 0 unspecified atom stereocenters. The number of rotatable bonds is 6. The molecule has 1 amide bonds. The van der Waals surface area contributed by atoms with Crippen molar-refractivity contribution in [1.82, 2.24) is 15.1 Å². The van der Waals surface area contributed by atoms with Gasteiger partial charge in [0.05, 0.1) is 24.7 Å². The number of carbonyl (C=O) groups is 1. The van der Waals surface area contributed by atoms with Crippen molar-refractivity contribution in [1.29, 1.82) is 5.26 Å². The van der Waals surface area contributed by atoms with Crippen molar-refractivity contribution in [3.05, 3.63) is 17.0 Å². The Bertz CT molecular complexity index is 550. The fourth-order valence-electron chi connectivity index (χ4n) is 3.25. The van der Waals surface area contributed by atoms with Crippen LogP contribution in [0.4, 0.5) is 0 Å². The second-order valence-electron chi connectivity index (χ2n) is 6.18. The third-order valence-corrected chi connectivity index (χ3v) is 4.54. The molecule has 0 aliphatic heterocycles. The number of carbonyl (C=O) groups excluding carboxylic acids is 1. The zero-order valence-electron chi connectivity index (χ0n) is 13.7. The first kappa shape index (κ1) is 16.5. The Labute approximate surface area is 132 Å². The number of aryl methyl sites for hydroxylation is 2. The summed E-state index contributed by atoms with van der Waals surface area (Å²) in [4.78, 5) is 12.1. The fraction of sp³-hybridized carbons (Fsp3) is 0.706. The van der Waals surface area contributed by atoms with Crippen LogP contribution in [0.15, 0.2) is 0 Å². The van der Waals surface area contributed by atoms with Gasteiger partial charge in [0, 0.05) is 18.2 Å². The highest BCUT2D eigenvalue weighted by Gasteiger charge is 2.17. The summed E-state index contributed by atoms with van der Waals surface area (Å²) in [6, 6.07) is 2.52. The molecule has 5 nitrogen and oxygen atoms in total. The SMILES string of the molecule is Cc1nn(CCC#N)c(C)c1CCC(=O)NC1CCCCC1. The highest BCUT2D eigenvalue weighted by Crippen LogP contribution is 2.18. The van der Waals surface area contributed by atoms with Gasteiger partial charge in [0.2, 0.25) is 5.91 Å². The zero-order valence-corrected chi connectivity index (χ0v) is 13.7. The molecule has 1 aliphatic carbocycles. The third-order valence-electron chi connectivity index (χ3n) is 4.54. The van der Waals surface area contributed by atoms with E-state index in [1.807, 2.05) is 18.5 Å². The summed E-state index contributed by atoms with van der Waals surface area (Å²) in [6.45, 7) is 4.62. The van der Waals surface area contributed by atoms with Gasteiger partial charge in [-0.3, -0.25) is 9.48 Å². The first-order chi connectivity index (χ1) is 10.6. The van der Waals surface area contributed by atoms with Crippen molar-refractivity contribution >= 4 is 5.91 Å². The standard InChI is InChI=1S/C17H26N4O/c1-13-16(14(2)21(20-13)12-6-11-18)9-10-17(22)19-15-7-4-3-5-8-15/h15H,3-10,12H2,1-2H3,(H,19,22). The van der Waals surface area contributed by atoms with Crippen LogP contribution >= 0.6 is 0 Å². The molecule has 2 rings (SSSR count). The molecule has 120 valence electrons. The van der Waals surface area contributed by atoms with Gasteiger partial charge in [-0.2, -0.15) is 10.4 Å². The first-order valence-electron chi connectivity index (χ1n) is 8.31. The van der Waals surface area contributed by atoms with Crippen molar-refractivity contribution in [2.24, 2.45) is 0 Å². The number of nitrogens with zero attached hydrogens (tertiary/aromatic N) is 3. The lowest BCUT2D eigenvalue weighted by molar-refractivity contribution is -0.121. The molecule has 22 heavy (non-hydrogen) atoms. The highest BCUT2D eigenvalue weighted by atomic mass is 16.1. The van der Waals surface area contributed by atoms with Gasteiger partial charge in [-0.15, -0.1) is 0 Å². The summed E-state index contributed by atoms with van der Waals surface area (Å²) >= 11 is 0. The Hall–Kier alpha value is -1.83. The molecule has 0 aromatic carbocycles. The van der Waals surface area contributed by atoms with E-state index in [0.717, 1.165) is 36.2 Å². The molecule has 1 fully saturated rings. The summed E-state index contributed by atoms with van der Waals surface area (Å²) in [6.07, 6.45) is 7.70. The Kier molecular flexibility index (Phi) is 6.00. The second kappa shape index (κ2) is 7.98. The number of nitrogens with one attached hydrogen (secondary N) is 1. The molecule has 5 heteroatoms. The van der Waals surface area contributed by atoms with Gasteiger partial charge >= 0.3 is 0 Å². The van der Waals surface area contributed by atoms with E-state index >= 15 is 0 Å². The Balaban J connectivity index is 1.86. The summed E-state index contributed by atoms with van der Waals surface area (Å²) in [7, 11) is 0. The molecule has 0 radical (unpaired) electrons. The van der Waals surface area contributed by atoms with Crippen molar-refractivity contribution in [3.63, 3.8) is 0 Å². The fourth-order valence-corrected chi connectivity index (χ4v) is 3.25.